The molecule has 1 fully saturated rings. The molecule has 0 spiro atoms. The van der Waals surface area contributed by atoms with Crippen molar-refractivity contribution in [2.45, 2.75) is 70.8 Å². The van der Waals surface area contributed by atoms with Gasteiger partial charge < -0.3 is 4.74 Å². The van der Waals surface area contributed by atoms with Crippen molar-refractivity contribution in [2.24, 2.45) is 0 Å². The lowest BCUT2D eigenvalue weighted by Gasteiger charge is -2.29. The van der Waals surface area contributed by atoms with E-state index >= 15 is 0 Å². The van der Waals surface area contributed by atoms with E-state index in [1.807, 2.05) is 31.2 Å². The molecule has 0 amide bonds. The van der Waals surface area contributed by atoms with Gasteiger partial charge in [0.2, 0.25) is 0 Å². The van der Waals surface area contributed by atoms with E-state index in [1.165, 1.54) is 6.07 Å². The SMILES string of the molecule is C/C=C/CCc1ccc(-c2ccc(C3CCC(OCCC)CC3)cc2F)cc1F. The number of benzene rings is 2. The number of hydrogen-bond donors (Lipinski definition) is 0. The van der Waals surface area contributed by atoms with Gasteiger partial charge in [0, 0.05) is 12.2 Å². The highest BCUT2D eigenvalue weighted by molar-refractivity contribution is 5.65. The first-order chi connectivity index (χ1) is 14.1. The predicted molar refractivity (Wildman–Crippen MR) is 116 cm³/mol. The van der Waals surface area contributed by atoms with Gasteiger partial charge in [-0.25, -0.2) is 8.78 Å². The van der Waals surface area contributed by atoms with Crippen molar-refractivity contribution < 1.29 is 13.5 Å². The second-order valence-electron chi connectivity index (χ2n) is 8.00. The Kier molecular flexibility index (Phi) is 8.00. The van der Waals surface area contributed by atoms with E-state index in [1.54, 1.807) is 18.2 Å². The third-order valence-electron chi connectivity index (χ3n) is 5.88. The van der Waals surface area contributed by atoms with E-state index in [0.29, 0.717) is 35.1 Å². The standard InChI is InChI=1S/C26H32F2O/c1-3-5-6-7-20-8-9-22(18-25(20)27)24-15-12-21(17-26(24)28)19-10-13-23(14-11-19)29-16-4-2/h3,5,8-9,12,15,17-19,23H,4,6-7,10-11,13-14,16H2,1-2H3/b5-3+. The molecule has 0 N–H and O–H groups in total. The summed E-state index contributed by atoms with van der Waals surface area (Å²) in [5.74, 6) is -0.153. The number of hydrogen-bond acceptors (Lipinski definition) is 1. The van der Waals surface area contributed by atoms with Gasteiger partial charge in [0.15, 0.2) is 0 Å². The maximum Gasteiger partial charge on any atom is 0.131 e. The van der Waals surface area contributed by atoms with Gasteiger partial charge in [0.05, 0.1) is 6.10 Å². The minimum Gasteiger partial charge on any atom is -0.378 e. The molecule has 0 heterocycles. The van der Waals surface area contributed by atoms with Crippen molar-refractivity contribution >= 4 is 0 Å². The van der Waals surface area contributed by atoms with Gasteiger partial charge in [0.25, 0.3) is 0 Å². The van der Waals surface area contributed by atoms with Crippen LogP contribution in [0.25, 0.3) is 11.1 Å². The summed E-state index contributed by atoms with van der Waals surface area (Å²) in [5.41, 5.74) is 2.78. The van der Waals surface area contributed by atoms with Crippen LogP contribution in [0.1, 0.15) is 69.4 Å². The summed E-state index contributed by atoms with van der Waals surface area (Å²) in [6.45, 7) is 4.90. The van der Waals surface area contributed by atoms with Crippen molar-refractivity contribution in [1.29, 1.82) is 0 Å². The lowest BCUT2D eigenvalue weighted by atomic mass is 9.82. The fourth-order valence-electron chi connectivity index (χ4n) is 4.19. The molecule has 3 rings (SSSR count). The zero-order valence-corrected chi connectivity index (χ0v) is 17.6. The highest BCUT2D eigenvalue weighted by Gasteiger charge is 2.23. The Hall–Kier alpha value is -2.00. The first-order valence-electron chi connectivity index (χ1n) is 10.9. The molecule has 0 bridgehead atoms. The largest absolute Gasteiger partial charge is 0.378 e. The van der Waals surface area contributed by atoms with Gasteiger partial charge in [-0.3, -0.25) is 0 Å². The Balaban J connectivity index is 1.68. The molecule has 0 unspecified atom stereocenters. The molecular formula is C26H32F2O. The Labute approximate surface area is 173 Å². The van der Waals surface area contributed by atoms with Crippen LogP contribution in [0.3, 0.4) is 0 Å². The zero-order valence-electron chi connectivity index (χ0n) is 17.6. The molecule has 0 atom stereocenters. The summed E-state index contributed by atoms with van der Waals surface area (Å²) in [6.07, 6.45) is 11.0. The summed E-state index contributed by atoms with van der Waals surface area (Å²) in [5, 5.41) is 0. The second-order valence-corrected chi connectivity index (χ2v) is 8.00. The lowest BCUT2D eigenvalue weighted by Crippen LogP contribution is -2.21. The predicted octanol–water partition coefficient (Wildman–Crippen LogP) is 7.59. The average molecular weight is 399 g/mol. The zero-order chi connectivity index (χ0) is 20.6. The van der Waals surface area contributed by atoms with E-state index in [-0.39, 0.29) is 11.6 Å². The van der Waals surface area contributed by atoms with Gasteiger partial charge in [-0.1, -0.05) is 43.3 Å². The summed E-state index contributed by atoms with van der Waals surface area (Å²) < 4.78 is 35.1. The van der Waals surface area contributed by atoms with Crippen LogP contribution in [0.2, 0.25) is 0 Å². The van der Waals surface area contributed by atoms with E-state index in [0.717, 1.165) is 50.7 Å². The van der Waals surface area contributed by atoms with Crippen molar-refractivity contribution in [3.8, 4) is 11.1 Å². The molecule has 0 radical (unpaired) electrons. The maximum atomic E-state index is 14.9. The monoisotopic (exact) mass is 398 g/mol. The smallest absolute Gasteiger partial charge is 0.131 e. The lowest BCUT2D eigenvalue weighted by molar-refractivity contribution is 0.0251. The van der Waals surface area contributed by atoms with Crippen molar-refractivity contribution in [3.05, 3.63) is 71.3 Å². The highest BCUT2D eigenvalue weighted by Crippen LogP contribution is 2.36. The molecule has 2 aromatic rings. The third-order valence-corrected chi connectivity index (χ3v) is 5.88. The minimum absolute atomic E-state index is 0.263. The van der Waals surface area contributed by atoms with Crippen LogP contribution < -0.4 is 0 Å². The van der Waals surface area contributed by atoms with Crippen molar-refractivity contribution in [2.75, 3.05) is 6.61 Å². The van der Waals surface area contributed by atoms with Gasteiger partial charge in [-0.2, -0.15) is 0 Å². The van der Waals surface area contributed by atoms with Crippen molar-refractivity contribution in [3.63, 3.8) is 0 Å². The van der Waals surface area contributed by atoms with Gasteiger partial charge in [-0.15, -0.1) is 0 Å². The Morgan fingerprint density at radius 3 is 2.45 bits per heavy atom. The normalized spacial score (nSPS) is 19.7. The molecule has 1 aliphatic rings. The van der Waals surface area contributed by atoms with E-state index in [2.05, 4.69) is 6.92 Å². The highest BCUT2D eigenvalue weighted by atomic mass is 19.1. The summed E-state index contributed by atoms with van der Waals surface area (Å²) >= 11 is 0. The number of ether oxygens (including phenoxy) is 1. The van der Waals surface area contributed by atoms with Gasteiger partial charge in [-0.05, 0) is 86.6 Å². The molecular weight excluding hydrogens is 366 g/mol. The van der Waals surface area contributed by atoms with Crippen LogP contribution in [0.5, 0.6) is 0 Å². The summed E-state index contributed by atoms with van der Waals surface area (Å²) in [7, 11) is 0. The number of aryl methyl sites for hydroxylation is 1. The van der Waals surface area contributed by atoms with Crippen LogP contribution in [-0.4, -0.2) is 12.7 Å². The quantitative estimate of drug-likeness (QED) is 0.416. The number of rotatable bonds is 8. The molecule has 1 saturated carbocycles. The van der Waals surface area contributed by atoms with Crippen LogP contribution in [-0.2, 0) is 11.2 Å². The maximum absolute atomic E-state index is 14.9. The van der Waals surface area contributed by atoms with Crippen LogP contribution in [0.4, 0.5) is 8.78 Å². The van der Waals surface area contributed by atoms with Crippen molar-refractivity contribution in [1.82, 2.24) is 0 Å². The number of allylic oxidation sites excluding steroid dienone is 2. The fraction of sp³-hybridized carbons (Fsp3) is 0.462. The molecule has 2 aromatic carbocycles. The summed E-state index contributed by atoms with van der Waals surface area (Å²) in [6, 6.07) is 10.5. The molecule has 1 nitrogen and oxygen atoms in total. The number of halogens is 2. The Morgan fingerprint density at radius 1 is 1.00 bits per heavy atom. The third kappa shape index (κ3) is 5.76. The Bertz CT molecular complexity index is 819. The molecule has 0 aromatic heterocycles. The molecule has 0 saturated heterocycles. The van der Waals surface area contributed by atoms with E-state index < -0.39 is 0 Å². The molecule has 3 heteroatoms. The fourth-order valence-corrected chi connectivity index (χ4v) is 4.19. The van der Waals surface area contributed by atoms with Gasteiger partial charge in [0.1, 0.15) is 11.6 Å². The molecule has 29 heavy (non-hydrogen) atoms. The summed E-state index contributed by atoms with van der Waals surface area (Å²) in [4.78, 5) is 0. The first-order valence-corrected chi connectivity index (χ1v) is 10.9. The Morgan fingerprint density at radius 2 is 1.79 bits per heavy atom. The van der Waals surface area contributed by atoms with Crippen LogP contribution >= 0.6 is 0 Å². The van der Waals surface area contributed by atoms with Gasteiger partial charge >= 0.3 is 0 Å². The molecule has 1 aliphatic carbocycles. The van der Waals surface area contributed by atoms with Crippen LogP contribution in [0, 0.1) is 11.6 Å². The molecule has 156 valence electrons. The van der Waals surface area contributed by atoms with E-state index in [9.17, 15) is 8.78 Å². The van der Waals surface area contributed by atoms with Crippen LogP contribution in [0.15, 0.2) is 48.6 Å². The first kappa shape index (κ1) is 21.7. The van der Waals surface area contributed by atoms with E-state index in [4.69, 9.17) is 4.74 Å². The minimum atomic E-state index is -0.270. The molecule has 0 aliphatic heterocycles. The topological polar surface area (TPSA) is 9.23 Å². The second kappa shape index (κ2) is 10.7. The average Bonchev–Trinajstić information content (AvgIpc) is 2.74.